The largest absolute Gasteiger partial charge is 0.493 e. The van der Waals surface area contributed by atoms with Gasteiger partial charge in [0, 0.05) is 5.92 Å². The molecule has 1 fully saturated rings. The molecule has 0 spiro atoms. The van der Waals surface area contributed by atoms with Gasteiger partial charge in [0.1, 0.15) is 22.9 Å². The Kier molecular flexibility index (Phi) is 6.02. The van der Waals surface area contributed by atoms with Crippen molar-refractivity contribution in [2.75, 3.05) is 6.61 Å². The minimum Gasteiger partial charge on any atom is -0.493 e. The summed E-state index contributed by atoms with van der Waals surface area (Å²) in [4.78, 5) is 0. The summed E-state index contributed by atoms with van der Waals surface area (Å²) in [5.41, 5.74) is 1.49. The number of hydrogen-bond acceptors (Lipinski definition) is 2. The lowest BCUT2D eigenvalue weighted by atomic mass is 9.60. The first-order valence-corrected chi connectivity index (χ1v) is 13.7. The van der Waals surface area contributed by atoms with E-state index < -0.39 is 29.2 Å². The van der Waals surface area contributed by atoms with E-state index in [0.29, 0.717) is 22.4 Å². The summed E-state index contributed by atoms with van der Waals surface area (Å²) in [6.07, 6.45) is -4.56. The van der Waals surface area contributed by atoms with Crippen LogP contribution in [0.2, 0.25) is 0 Å². The van der Waals surface area contributed by atoms with Crippen LogP contribution in [0.1, 0.15) is 22.3 Å². The maximum absolute atomic E-state index is 15.4. The average molecular weight is 549 g/mol. The van der Waals surface area contributed by atoms with Gasteiger partial charge in [0.05, 0.1) is 6.61 Å². The highest BCUT2D eigenvalue weighted by molar-refractivity contribution is 5.64. The van der Waals surface area contributed by atoms with Gasteiger partial charge in [0.2, 0.25) is 0 Å². The summed E-state index contributed by atoms with van der Waals surface area (Å²) >= 11 is 0. The predicted molar refractivity (Wildman–Crippen MR) is 152 cm³/mol. The third-order valence-electron chi connectivity index (χ3n) is 8.56. The molecule has 41 heavy (non-hydrogen) atoms. The number of fused-ring (bicyclic) bond motifs is 5. The van der Waals surface area contributed by atoms with E-state index in [2.05, 4.69) is 0 Å². The summed E-state index contributed by atoms with van der Waals surface area (Å²) in [6.45, 7) is -0.174. The van der Waals surface area contributed by atoms with E-state index in [1.165, 1.54) is 0 Å². The molecular weight excluding hydrogens is 521 g/mol. The summed E-state index contributed by atoms with van der Waals surface area (Å²) in [5.74, 6) is -2.37. The van der Waals surface area contributed by atoms with Gasteiger partial charge in [-0.1, -0.05) is 127 Å². The van der Waals surface area contributed by atoms with Crippen molar-refractivity contribution in [2.45, 2.75) is 17.4 Å². The van der Waals surface area contributed by atoms with Crippen molar-refractivity contribution in [3.63, 3.8) is 0 Å². The van der Waals surface area contributed by atoms with Crippen molar-refractivity contribution >= 4 is 0 Å². The molecule has 7 rings (SSSR count). The Bertz CT molecular complexity index is 1650. The summed E-state index contributed by atoms with van der Waals surface area (Å²) in [6, 6.07) is 42.8. The van der Waals surface area contributed by atoms with Crippen molar-refractivity contribution < 1.29 is 22.6 Å². The lowest BCUT2D eigenvalue weighted by Crippen LogP contribution is -2.49. The number of alkyl halides is 3. The zero-order chi connectivity index (χ0) is 28.1. The van der Waals surface area contributed by atoms with Gasteiger partial charge < -0.3 is 9.47 Å². The first-order valence-electron chi connectivity index (χ1n) is 13.7. The third kappa shape index (κ3) is 3.91. The van der Waals surface area contributed by atoms with Crippen LogP contribution < -0.4 is 4.74 Å². The molecule has 0 unspecified atom stereocenters. The highest BCUT2D eigenvalue weighted by atomic mass is 19.4. The van der Waals surface area contributed by atoms with Gasteiger partial charge in [-0.15, -0.1) is 0 Å². The van der Waals surface area contributed by atoms with Crippen LogP contribution in [0.25, 0.3) is 11.1 Å². The van der Waals surface area contributed by atoms with E-state index in [1.807, 2.05) is 103 Å². The second-order valence-corrected chi connectivity index (χ2v) is 10.7. The maximum Gasteiger partial charge on any atom is 0.395 e. The third-order valence-corrected chi connectivity index (χ3v) is 8.56. The second-order valence-electron chi connectivity index (χ2n) is 10.7. The van der Waals surface area contributed by atoms with Gasteiger partial charge in [0.15, 0.2) is 0 Å². The highest BCUT2D eigenvalue weighted by Crippen LogP contribution is 2.71. The zero-order valence-electron chi connectivity index (χ0n) is 22.1. The SMILES string of the molecule is FC(F)(F)[C@H]1[C@H](COc2ccc(-c3ccccc3)cc2)[C@@]2(c3ccccc3)O[C@]1(c1ccccc1)c1ccccc12. The first kappa shape index (κ1) is 25.6. The van der Waals surface area contributed by atoms with Crippen LogP contribution in [0.5, 0.6) is 5.75 Å². The molecule has 204 valence electrons. The van der Waals surface area contributed by atoms with E-state index >= 15 is 13.2 Å². The Labute approximate surface area is 237 Å². The summed E-state index contributed by atoms with van der Waals surface area (Å²) in [5, 5.41) is 0. The Morgan fingerprint density at radius 3 is 1.59 bits per heavy atom. The van der Waals surface area contributed by atoms with Crippen molar-refractivity contribution in [1.82, 2.24) is 0 Å². The van der Waals surface area contributed by atoms with Crippen LogP contribution in [0.15, 0.2) is 140 Å². The number of halogens is 3. The number of rotatable bonds is 6. The van der Waals surface area contributed by atoms with Crippen molar-refractivity contribution in [3.8, 4) is 16.9 Å². The van der Waals surface area contributed by atoms with Gasteiger partial charge in [0.25, 0.3) is 0 Å². The molecule has 5 aromatic rings. The van der Waals surface area contributed by atoms with Crippen molar-refractivity contribution in [1.29, 1.82) is 0 Å². The first-order chi connectivity index (χ1) is 19.9. The minimum atomic E-state index is -4.56. The molecule has 0 saturated carbocycles. The standard InChI is InChI=1S/C36H27F3O2/c37-36(38,39)33-32(24-40-29-22-20-26(21-23-29)25-12-4-1-5-13-25)34(27-14-6-2-7-15-27)30-18-10-11-19-31(30)35(33,41-34)28-16-8-3-9-17-28/h1-23,32-33H,24H2/t32-,33-,34-,35+/m0/s1. The van der Waals surface area contributed by atoms with Gasteiger partial charge in [-0.2, -0.15) is 13.2 Å². The lowest BCUT2D eigenvalue weighted by Gasteiger charge is -2.41. The van der Waals surface area contributed by atoms with Crippen LogP contribution in [-0.2, 0) is 15.9 Å². The Morgan fingerprint density at radius 2 is 1.02 bits per heavy atom. The van der Waals surface area contributed by atoms with Crippen LogP contribution in [0.4, 0.5) is 13.2 Å². The second kappa shape index (κ2) is 9.64. The normalized spacial score (nSPS) is 24.7. The van der Waals surface area contributed by atoms with Crippen LogP contribution in [-0.4, -0.2) is 12.8 Å². The molecule has 5 heteroatoms. The van der Waals surface area contributed by atoms with Gasteiger partial charge in [-0.3, -0.25) is 0 Å². The predicted octanol–water partition coefficient (Wildman–Crippen LogP) is 8.76. The van der Waals surface area contributed by atoms with Gasteiger partial charge in [-0.25, -0.2) is 0 Å². The highest BCUT2D eigenvalue weighted by Gasteiger charge is 2.77. The van der Waals surface area contributed by atoms with Crippen molar-refractivity contribution in [2.24, 2.45) is 11.8 Å². The van der Waals surface area contributed by atoms with Crippen molar-refractivity contribution in [3.05, 3.63) is 162 Å². The fourth-order valence-electron chi connectivity index (χ4n) is 6.95. The molecule has 1 saturated heterocycles. The topological polar surface area (TPSA) is 18.5 Å². The summed E-state index contributed by atoms with van der Waals surface area (Å²) < 4.78 is 59.4. The van der Waals surface area contributed by atoms with E-state index in [1.54, 1.807) is 36.4 Å². The molecule has 2 nitrogen and oxygen atoms in total. The summed E-state index contributed by atoms with van der Waals surface area (Å²) in [7, 11) is 0. The maximum atomic E-state index is 15.4. The Balaban J connectivity index is 1.36. The molecule has 2 aliphatic heterocycles. The zero-order valence-corrected chi connectivity index (χ0v) is 22.1. The molecule has 0 radical (unpaired) electrons. The average Bonchev–Trinajstić information content (AvgIpc) is 3.51. The van der Waals surface area contributed by atoms with Crippen LogP contribution in [0.3, 0.4) is 0 Å². The van der Waals surface area contributed by atoms with Crippen LogP contribution >= 0.6 is 0 Å². The molecule has 0 aromatic heterocycles. The smallest absolute Gasteiger partial charge is 0.395 e. The molecule has 0 aliphatic carbocycles. The van der Waals surface area contributed by atoms with E-state index in [9.17, 15) is 0 Å². The molecule has 4 atom stereocenters. The quantitative estimate of drug-likeness (QED) is 0.211. The fourth-order valence-corrected chi connectivity index (χ4v) is 6.95. The molecule has 2 aliphatic rings. The molecule has 0 amide bonds. The molecule has 0 N–H and O–H groups in total. The lowest BCUT2D eigenvalue weighted by molar-refractivity contribution is -0.212. The fraction of sp³-hybridized carbons (Fsp3) is 0.167. The Morgan fingerprint density at radius 1 is 0.561 bits per heavy atom. The molecule has 2 heterocycles. The minimum absolute atomic E-state index is 0.174. The van der Waals surface area contributed by atoms with E-state index in [4.69, 9.17) is 9.47 Å². The van der Waals surface area contributed by atoms with E-state index in [-0.39, 0.29) is 6.61 Å². The monoisotopic (exact) mass is 548 g/mol. The van der Waals surface area contributed by atoms with E-state index in [0.717, 1.165) is 16.7 Å². The van der Waals surface area contributed by atoms with Gasteiger partial charge in [-0.05, 0) is 45.5 Å². The van der Waals surface area contributed by atoms with Crippen LogP contribution in [0, 0.1) is 11.8 Å². The molecular formula is C36H27F3O2. The molecule has 2 bridgehead atoms. The van der Waals surface area contributed by atoms with Gasteiger partial charge >= 0.3 is 6.18 Å². The number of hydrogen-bond donors (Lipinski definition) is 0. The Hall–Kier alpha value is -4.35. The number of ether oxygens (including phenoxy) is 2. The molecule has 5 aromatic carbocycles. The number of benzene rings is 5.